The normalized spacial score (nSPS) is 11.3. The maximum Gasteiger partial charge on any atom is 0.262 e. The highest BCUT2D eigenvalue weighted by atomic mass is 32.2. The zero-order chi connectivity index (χ0) is 15.3. The third kappa shape index (κ3) is 4.17. The largest absolute Gasteiger partial charge is 0.396 e. The SMILES string of the molecule is Nc1cc(S(=O)(=O)Nc2cccc(CCCO)c2)ccn1. The van der Waals surface area contributed by atoms with Crippen LogP contribution in [0.3, 0.4) is 0 Å². The summed E-state index contributed by atoms with van der Waals surface area (Å²) in [7, 11) is -3.69. The number of rotatable bonds is 6. The number of anilines is 2. The Kier molecular flexibility index (Phi) is 4.77. The average molecular weight is 307 g/mol. The number of nitrogens with two attached hydrogens (primary N) is 1. The van der Waals surface area contributed by atoms with E-state index >= 15 is 0 Å². The maximum absolute atomic E-state index is 12.2. The molecule has 0 saturated carbocycles. The first-order chi connectivity index (χ1) is 10.0. The van der Waals surface area contributed by atoms with Gasteiger partial charge in [0.2, 0.25) is 0 Å². The number of hydrogen-bond donors (Lipinski definition) is 3. The van der Waals surface area contributed by atoms with Crippen LogP contribution in [0.2, 0.25) is 0 Å². The van der Waals surface area contributed by atoms with Gasteiger partial charge in [0.1, 0.15) is 5.82 Å². The molecule has 0 atom stereocenters. The Morgan fingerprint density at radius 1 is 1.24 bits per heavy atom. The molecule has 21 heavy (non-hydrogen) atoms. The second kappa shape index (κ2) is 6.55. The molecule has 0 unspecified atom stereocenters. The van der Waals surface area contributed by atoms with Crippen molar-refractivity contribution in [1.29, 1.82) is 0 Å². The molecule has 0 amide bonds. The quantitative estimate of drug-likeness (QED) is 0.748. The van der Waals surface area contributed by atoms with Gasteiger partial charge in [-0.3, -0.25) is 4.72 Å². The highest BCUT2D eigenvalue weighted by Crippen LogP contribution is 2.18. The summed E-state index contributed by atoms with van der Waals surface area (Å²) in [6, 6.07) is 9.76. The molecule has 112 valence electrons. The second-order valence-electron chi connectivity index (χ2n) is 4.55. The Hall–Kier alpha value is -2.12. The second-order valence-corrected chi connectivity index (χ2v) is 6.23. The maximum atomic E-state index is 12.2. The molecule has 0 bridgehead atoms. The molecule has 2 aromatic rings. The van der Waals surface area contributed by atoms with Gasteiger partial charge in [0.25, 0.3) is 10.0 Å². The molecule has 1 aromatic carbocycles. The zero-order valence-corrected chi connectivity index (χ0v) is 12.2. The number of pyridine rings is 1. The number of aromatic nitrogens is 1. The number of benzene rings is 1. The van der Waals surface area contributed by atoms with Gasteiger partial charge in [0.05, 0.1) is 4.90 Å². The molecule has 0 fully saturated rings. The molecule has 0 aliphatic rings. The Morgan fingerprint density at radius 3 is 2.76 bits per heavy atom. The number of aliphatic hydroxyl groups is 1. The van der Waals surface area contributed by atoms with Crippen molar-refractivity contribution in [3.05, 3.63) is 48.2 Å². The summed E-state index contributed by atoms with van der Waals surface area (Å²) in [5, 5.41) is 8.83. The first kappa shape index (κ1) is 15.3. The van der Waals surface area contributed by atoms with Crippen LogP contribution >= 0.6 is 0 Å². The van der Waals surface area contributed by atoms with Gasteiger partial charge in [-0.2, -0.15) is 0 Å². The van der Waals surface area contributed by atoms with Gasteiger partial charge in [-0.15, -0.1) is 0 Å². The van der Waals surface area contributed by atoms with Gasteiger partial charge >= 0.3 is 0 Å². The van der Waals surface area contributed by atoms with Crippen LogP contribution in [-0.4, -0.2) is 25.1 Å². The first-order valence-electron chi connectivity index (χ1n) is 6.45. The molecule has 0 aliphatic heterocycles. The third-order valence-corrected chi connectivity index (χ3v) is 4.24. The topological polar surface area (TPSA) is 105 Å². The molecule has 6 nitrogen and oxygen atoms in total. The lowest BCUT2D eigenvalue weighted by molar-refractivity contribution is 0.288. The number of nitrogen functional groups attached to an aromatic ring is 1. The number of aryl methyl sites for hydroxylation is 1. The van der Waals surface area contributed by atoms with Crippen molar-refractivity contribution >= 4 is 21.5 Å². The predicted octanol–water partition coefficient (Wildman–Crippen LogP) is 1.39. The molecule has 0 spiro atoms. The van der Waals surface area contributed by atoms with Crippen molar-refractivity contribution in [2.45, 2.75) is 17.7 Å². The fraction of sp³-hybridized carbons (Fsp3) is 0.214. The van der Waals surface area contributed by atoms with Gasteiger partial charge in [-0.05, 0) is 36.6 Å². The van der Waals surface area contributed by atoms with Crippen molar-refractivity contribution in [3.8, 4) is 0 Å². The van der Waals surface area contributed by atoms with Gasteiger partial charge < -0.3 is 10.8 Å². The van der Waals surface area contributed by atoms with E-state index in [1.54, 1.807) is 18.2 Å². The minimum Gasteiger partial charge on any atom is -0.396 e. The lowest BCUT2D eigenvalue weighted by Gasteiger charge is -2.09. The summed E-state index contributed by atoms with van der Waals surface area (Å²) in [4.78, 5) is 3.84. The highest BCUT2D eigenvalue weighted by molar-refractivity contribution is 7.92. The lowest BCUT2D eigenvalue weighted by Crippen LogP contribution is -2.13. The van der Waals surface area contributed by atoms with E-state index in [2.05, 4.69) is 9.71 Å². The monoisotopic (exact) mass is 307 g/mol. The molecule has 1 heterocycles. The van der Waals surface area contributed by atoms with Crippen molar-refractivity contribution in [3.63, 3.8) is 0 Å². The standard InChI is InChI=1S/C14H17N3O3S/c15-14-10-13(6-7-16-14)21(19,20)17-12-5-1-3-11(9-12)4-2-8-18/h1,3,5-7,9-10,17-18H,2,4,8H2,(H2,15,16). The van der Waals surface area contributed by atoms with E-state index in [0.717, 1.165) is 5.56 Å². The van der Waals surface area contributed by atoms with E-state index in [0.29, 0.717) is 18.5 Å². The van der Waals surface area contributed by atoms with E-state index in [4.69, 9.17) is 10.8 Å². The van der Waals surface area contributed by atoms with Crippen LogP contribution in [0.15, 0.2) is 47.5 Å². The molecule has 2 rings (SSSR count). The average Bonchev–Trinajstić information content (AvgIpc) is 2.45. The molecule has 7 heteroatoms. The fourth-order valence-electron chi connectivity index (χ4n) is 1.88. The molecule has 0 aliphatic carbocycles. The molecule has 4 N–H and O–H groups in total. The minimum atomic E-state index is -3.69. The van der Waals surface area contributed by atoms with Gasteiger partial charge in [-0.1, -0.05) is 12.1 Å². The van der Waals surface area contributed by atoms with Crippen molar-refractivity contribution in [2.75, 3.05) is 17.1 Å². The van der Waals surface area contributed by atoms with E-state index in [1.807, 2.05) is 6.07 Å². The van der Waals surface area contributed by atoms with Crippen LogP contribution in [0, 0.1) is 0 Å². The third-order valence-electron chi connectivity index (χ3n) is 2.87. The summed E-state index contributed by atoms with van der Waals surface area (Å²) in [6.45, 7) is 0.103. The predicted molar refractivity (Wildman–Crippen MR) is 81.3 cm³/mol. The molecule has 1 aromatic heterocycles. The minimum absolute atomic E-state index is 0.0655. The summed E-state index contributed by atoms with van der Waals surface area (Å²) in [5.41, 5.74) is 6.93. The number of nitrogens with zero attached hydrogens (tertiary/aromatic N) is 1. The fourth-order valence-corrected chi connectivity index (χ4v) is 2.95. The Labute approximate surface area is 123 Å². The molecular formula is C14H17N3O3S. The molecule has 0 radical (unpaired) electrons. The Balaban J connectivity index is 2.20. The van der Waals surface area contributed by atoms with Gasteiger partial charge in [0, 0.05) is 24.6 Å². The van der Waals surface area contributed by atoms with Gasteiger partial charge in [0.15, 0.2) is 0 Å². The van der Waals surface area contributed by atoms with E-state index in [1.165, 1.54) is 18.3 Å². The van der Waals surface area contributed by atoms with Gasteiger partial charge in [-0.25, -0.2) is 13.4 Å². The molecule has 0 saturated heterocycles. The Morgan fingerprint density at radius 2 is 2.05 bits per heavy atom. The summed E-state index contributed by atoms with van der Waals surface area (Å²) >= 11 is 0. The number of sulfonamides is 1. The van der Waals surface area contributed by atoms with Crippen molar-refractivity contribution in [2.24, 2.45) is 0 Å². The summed E-state index contributed by atoms with van der Waals surface area (Å²) < 4.78 is 27.0. The lowest BCUT2D eigenvalue weighted by atomic mass is 10.1. The smallest absolute Gasteiger partial charge is 0.262 e. The summed E-state index contributed by atoms with van der Waals surface area (Å²) in [5.74, 6) is 0.148. The van der Waals surface area contributed by atoms with Crippen LogP contribution in [0.4, 0.5) is 11.5 Å². The number of nitrogens with one attached hydrogen (secondary N) is 1. The highest BCUT2D eigenvalue weighted by Gasteiger charge is 2.14. The van der Waals surface area contributed by atoms with Crippen LogP contribution in [-0.2, 0) is 16.4 Å². The zero-order valence-electron chi connectivity index (χ0n) is 11.4. The molecular weight excluding hydrogens is 290 g/mol. The Bertz CT molecular complexity index is 717. The van der Waals surface area contributed by atoms with E-state index < -0.39 is 10.0 Å². The van der Waals surface area contributed by atoms with Crippen molar-refractivity contribution in [1.82, 2.24) is 4.98 Å². The van der Waals surface area contributed by atoms with Crippen LogP contribution in [0.25, 0.3) is 0 Å². The van der Waals surface area contributed by atoms with Crippen LogP contribution < -0.4 is 10.5 Å². The van der Waals surface area contributed by atoms with Crippen LogP contribution in [0.5, 0.6) is 0 Å². The number of hydrogen-bond acceptors (Lipinski definition) is 5. The van der Waals surface area contributed by atoms with Crippen molar-refractivity contribution < 1.29 is 13.5 Å². The summed E-state index contributed by atoms with van der Waals surface area (Å²) in [6.07, 6.45) is 2.67. The number of aliphatic hydroxyl groups excluding tert-OH is 1. The van der Waals surface area contributed by atoms with E-state index in [9.17, 15) is 8.42 Å². The first-order valence-corrected chi connectivity index (χ1v) is 7.94. The van der Waals surface area contributed by atoms with E-state index in [-0.39, 0.29) is 17.3 Å². The van der Waals surface area contributed by atoms with Crippen LogP contribution in [0.1, 0.15) is 12.0 Å².